The highest BCUT2D eigenvalue weighted by Gasteiger charge is 2.64. The molecule has 10 heteroatoms. The van der Waals surface area contributed by atoms with Gasteiger partial charge in [-0.05, 0) is 78.6 Å². The Morgan fingerprint density at radius 2 is 1.81 bits per heavy atom. The van der Waals surface area contributed by atoms with Crippen LogP contribution in [0.25, 0.3) is 0 Å². The van der Waals surface area contributed by atoms with E-state index in [9.17, 15) is 28.2 Å². The van der Waals surface area contributed by atoms with Gasteiger partial charge in [0.15, 0.2) is 17.4 Å². The molecular formula is C26H31F3IN3O3. The zero-order valence-electron chi connectivity index (χ0n) is 20.3. The fourth-order valence-corrected chi connectivity index (χ4v) is 6.08. The van der Waals surface area contributed by atoms with Gasteiger partial charge in [0.25, 0.3) is 5.91 Å². The summed E-state index contributed by atoms with van der Waals surface area (Å²) in [7, 11) is 0. The smallest absolute Gasteiger partial charge is 0.256 e. The van der Waals surface area contributed by atoms with Crippen LogP contribution in [0.4, 0.5) is 24.5 Å². The van der Waals surface area contributed by atoms with Crippen LogP contribution < -0.4 is 10.6 Å². The third-order valence-corrected chi connectivity index (χ3v) is 8.43. The third-order valence-electron chi connectivity index (χ3n) is 7.76. The van der Waals surface area contributed by atoms with Crippen molar-refractivity contribution in [3.8, 4) is 0 Å². The molecule has 2 aliphatic rings. The lowest BCUT2D eigenvalue weighted by atomic mass is 9.70. The quantitative estimate of drug-likeness (QED) is 0.258. The van der Waals surface area contributed by atoms with Gasteiger partial charge in [0.2, 0.25) is 0 Å². The summed E-state index contributed by atoms with van der Waals surface area (Å²) in [6, 6.07) is 5.95. The Labute approximate surface area is 222 Å². The first-order valence-corrected chi connectivity index (χ1v) is 13.3. The number of nitrogens with zero attached hydrogens (tertiary/aromatic N) is 1. The molecule has 3 unspecified atom stereocenters. The normalized spacial score (nSPS) is 25.4. The van der Waals surface area contributed by atoms with Crippen LogP contribution >= 0.6 is 22.6 Å². The van der Waals surface area contributed by atoms with E-state index in [-0.39, 0.29) is 23.8 Å². The molecule has 2 aromatic rings. The lowest BCUT2D eigenvalue weighted by molar-refractivity contribution is -0.225. The SMILES string of the molecule is CCC1(CC)N(C(=O)c2ccc(F)c(F)c2Nc2ccc(I)cc2F)CC1(O)NC1CCCCC1O. The molecule has 1 heterocycles. The van der Waals surface area contributed by atoms with Crippen molar-refractivity contribution in [1.29, 1.82) is 0 Å². The van der Waals surface area contributed by atoms with Crippen LogP contribution in [0.1, 0.15) is 62.7 Å². The van der Waals surface area contributed by atoms with E-state index in [1.807, 2.05) is 36.4 Å². The standard InChI is InChI=1S/C26H31F3IN3O3/c1-3-25(4-2)26(36,32-20-7-5-6-8-21(20)34)14-33(25)24(35)16-10-11-17(27)22(29)23(16)31-19-12-9-15(30)13-18(19)28/h9-13,20-21,31-32,34,36H,3-8,14H2,1-2H3. The Morgan fingerprint density at radius 3 is 2.44 bits per heavy atom. The van der Waals surface area contributed by atoms with E-state index in [1.54, 1.807) is 6.07 Å². The van der Waals surface area contributed by atoms with Crippen molar-refractivity contribution in [1.82, 2.24) is 10.2 Å². The zero-order valence-corrected chi connectivity index (χ0v) is 22.4. The molecular weight excluding hydrogens is 586 g/mol. The van der Waals surface area contributed by atoms with Gasteiger partial charge >= 0.3 is 0 Å². The summed E-state index contributed by atoms with van der Waals surface area (Å²) in [5.74, 6) is -3.75. The number of nitrogens with one attached hydrogen (secondary N) is 2. The summed E-state index contributed by atoms with van der Waals surface area (Å²) in [5.41, 5.74) is -3.22. The van der Waals surface area contributed by atoms with Crippen molar-refractivity contribution in [2.24, 2.45) is 0 Å². The summed E-state index contributed by atoms with van der Waals surface area (Å²) >= 11 is 1.93. The summed E-state index contributed by atoms with van der Waals surface area (Å²) in [6.45, 7) is 3.60. The molecule has 2 fully saturated rings. The van der Waals surface area contributed by atoms with E-state index in [2.05, 4.69) is 10.6 Å². The number of likely N-dealkylation sites (tertiary alicyclic amines) is 1. The number of hydrogen-bond acceptors (Lipinski definition) is 5. The third kappa shape index (κ3) is 4.61. The number of rotatable bonds is 7. The van der Waals surface area contributed by atoms with Crippen molar-refractivity contribution >= 4 is 39.9 Å². The molecule has 3 atom stereocenters. The molecule has 36 heavy (non-hydrogen) atoms. The van der Waals surface area contributed by atoms with Crippen LogP contribution in [0.3, 0.4) is 0 Å². The highest BCUT2D eigenvalue weighted by atomic mass is 127. The molecule has 0 bridgehead atoms. The number of β-amino-alcohol motifs (C(OH)–C–C–N with tert-alkyl or cyclic N) is 1. The second-order valence-corrected chi connectivity index (χ2v) is 10.9. The van der Waals surface area contributed by atoms with Crippen molar-refractivity contribution in [3.63, 3.8) is 0 Å². The molecule has 196 valence electrons. The molecule has 2 aromatic carbocycles. The fraction of sp³-hybridized carbons (Fsp3) is 0.500. The average Bonchev–Trinajstić information content (AvgIpc) is 2.84. The fourth-order valence-electron chi connectivity index (χ4n) is 5.63. The van der Waals surface area contributed by atoms with E-state index in [0.717, 1.165) is 18.9 Å². The first-order valence-electron chi connectivity index (χ1n) is 12.3. The topological polar surface area (TPSA) is 84.8 Å². The zero-order chi connectivity index (χ0) is 26.3. The molecule has 4 N–H and O–H groups in total. The molecule has 4 rings (SSSR count). The largest absolute Gasteiger partial charge is 0.392 e. The van der Waals surface area contributed by atoms with Gasteiger partial charge in [-0.15, -0.1) is 0 Å². The van der Waals surface area contributed by atoms with Gasteiger partial charge in [-0.25, -0.2) is 13.2 Å². The molecule has 1 aliphatic carbocycles. The second-order valence-electron chi connectivity index (χ2n) is 9.63. The summed E-state index contributed by atoms with van der Waals surface area (Å²) < 4.78 is 44.2. The molecule has 1 aliphatic heterocycles. The Kier molecular flexibility index (Phi) is 7.89. The molecule has 0 aromatic heterocycles. The van der Waals surface area contributed by atoms with Crippen molar-refractivity contribution in [2.45, 2.75) is 75.8 Å². The van der Waals surface area contributed by atoms with Crippen LogP contribution in [0, 0.1) is 21.0 Å². The molecule has 1 amide bonds. The van der Waals surface area contributed by atoms with Gasteiger partial charge in [-0.1, -0.05) is 26.7 Å². The van der Waals surface area contributed by atoms with Crippen molar-refractivity contribution in [3.05, 3.63) is 56.9 Å². The van der Waals surface area contributed by atoms with Crippen molar-refractivity contribution in [2.75, 3.05) is 11.9 Å². The maximum absolute atomic E-state index is 14.9. The first-order chi connectivity index (χ1) is 17.1. The van der Waals surface area contributed by atoms with Crippen LogP contribution in [-0.2, 0) is 0 Å². The lowest BCUT2D eigenvalue weighted by Gasteiger charge is -2.64. The first kappa shape index (κ1) is 27.2. The number of amides is 1. The van der Waals surface area contributed by atoms with Crippen LogP contribution in [0.15, 0.2) is 30.3 Å². The van der Waals surface area contributed by atoms with Crippen molar-refractivity contribution < 1.29 is 28.2 Å². The van der Waals surface area contributed by atoms with E-state index >= 15 is 0 Å². The minimum absolute atomic E-state index is 0.0902. The Hall–Kier alpha value is -1.89. The average molecular weight is 617 g/mol. The molecule has 0 spiro atoms. The van der Waals surface area contributed by atoms with E-state index < -0.39 is 46.4 Å². The minimum atomic E-state index is -1.45. The predicted octanol–water partition coefficient (Wildman–Crippen LogP) is 5.05. The van der Waals surface area contributed by atoms with Gasteiger partial charge in [-0.3, -0.25) is 10.1 Å². The van der Waals surface area contributed by atoms with E-state index in [4.69, 9.17) is 0 Å². The highest BCUT2D eigenvalue weighted by molar-refractivity contribution is 14.1. The number of aliphatic hydroxyl groups excluding tert-OH is 1. The van der Waals surface area contributed by atoms with Gasteiger partial charge in [0, 0.05) is 9.61 Å². The monoisotopic (exact) mass is 617 g/mol. The maximum atomic E-state index is 14.9. The number of anilines is 2. The minimum Gasteiger partial charge on any atom is -0.392 e. The molecule has 1 saturated heterocycles. The van der Waals surface area contributed by atoms with E-state index in [0.29, 0.717) is 29.3 Å². The molecule has 1 saturated carbocycles. The van der Waals surface area contributed by atoms with Crippen LogP contribution in [0.2, 0.25) is 0 Å². The predicted molar refractivity (Wildman–Crippen MR) is 139 cm³/mol. The number of hydrogen-bond donors (Lipinski definition) is 4. The highest BCUT2D eigenvalue weighted by Crippen LogP contribution is 2.46. The number of carbonyl (C=O) groups excluding carboxylic acids is 1. The van der Waals surface area contributed by atoms with Crippen LogP contribution in [-0.4, -0.2) is 51.0 Å². The lowest BCUT2D eigenvalue weighted by Crippen LogP contribution is -2.85. The summed E-state index contributed by atoms with van der Waals surface area (Å²) in [6.07, 6.45) is 3.38. The number of carbonyl (C=O) groups is 1. The number of halogens is 4. The van der Waals surface area contributed by atoms with Gasteiger partial charge in [0.1, 0.15) is 5.82 Å². The molecule has 0 radical (unpaired) electrons. The second kappa shape index (κ2) is 10.5. The number of benzene rings is 2. The Morgan fingerprint density at radius 1 is 1.11 bits per heavy atom. The summed E-state index contributed by atoms with van der Waals surface area (Å²) in [5, 5.41) is 27.8. The van der Waals surface area contributed by atoms with Crippen LogP contribution in [0.5, 0.6) is 0 Å². The Bertz CT molecular complexity index is 1150. The Balaban J connectivity index is 1.66. The molecule has 6 nitrogen and oxygen atoms in total. The maximum Gasteiger partial charge on any atom is 0.256 e. The van der Waals surface area contributed by atoms with Gasteiger partial charge in [0.05, 0.1) is 35.1 Å². The van der Waals surface area contributed by atoms with Gasteiger partial charge < -0.3 is 20.4 Å². The van der Waals surface area contributed by atoms with E-state index in [1.165, 1.54) is 23.1 Å². The summed E-state index contributed by atoms with van der Waals surface area (Å²) in [4.78, 5) is 15.2. The van der Waals surface area contributed by atoms with Gasteiger partial charge in [-0.2, -0.15) is 0 Å². The number of aliphatic hydroxyl groups is 2.